The first-order valence-electron chi connectivity index (χ1n) is 6.51. The molecule has 1 unspecified atom stereocenters. The Balaban J connectivity index is 1.73. The summed E-state index contributed by atoms with van der Waals surface area (Å²) in [6.45, 7) is 0. The number of aliphatic hydroxyl groups is 1. The average molecular weight is 314 g/mol. The summed E-state index contributed by atoms with van der Waals surface area (Å²) in [6, 6.07) is 19.4. The molecule has 0 spiro atoms. The fourth-order valence-corrected chi connectivity index (χ4v) is 2.95. The third-order valence-electron chi connectivity index (χ3n) is 3.08. The molecule has 0 aliphatic heterocycles. The van der Waals surface area contributed by atoms with Gasteiger partial charge in [-0.2, -0.15) is 0 Å². The highest BCUT2D eigenvalue weighted by Gasteiger charge is 2.12. The van der Waals surface area contributed by atoms with Crippen LogP contribution in [0.3, 0.4) is 0 Å². The van der Waals surface area contributed by atoms with Crippen LogP contribution in [-0.2, 0) is 0 Å². The van der Waals surface area contributed by atoms with Crippen LogP contribution in [0, 0.1) is 0 Å². The summed E-state index contributed by atoms with van der Waals surface area (Å²) in [6.07, 6.45) is 0.843. The molecule has 0 saturated heterocycles. The van der Waals surface area contributed by atoms with Crippen LogP contribution in [0.2, 0.25) is 0 Å². The number of aliphatic hydroxyl groups excluding tert-OH is 1. The molecule has 0 amide bonds. The van der Waals surface area contributed by atoms with E-state index in [9.17, 15) is 5.11 Å². The molecule has 2 nitrogen and oxygen atoms in total. The normalized spacial score (nSPS) is 12.3. The lowest BCUT2D eigenvalue weighted by molar-refractivity contribution is 0.189. The minimum atomic E-state index is -0.720. The van der Waals surface area contributed by atoms with Crippen LogP contribution in [0.4, 0.5) is 0 Å². The molecule has 2 aromatic carbocycles. The van der Waals surface area contributed by atoms with E-state index < -0.39 is 6.10 Å². The lowest BCUT2D eigenvalue weighted by atomic mass is 10.1. The smallest absolute Gasteiger partial charge is 0.137 e. The van der Waals surface area contributed by atoms with Gasteiger partial charge in [0.2, 0.25) is 0 Å². The summed E-state index contributed by atoms with van der Waals surface area (Å²) < 4.78 is 5.22. The molecule has 3 rings (SSSR count). The molecule has 0 aliphatic rings. The largest absolute Gasteiger partial charge is 0.466 e. The zero-order chi connectivity index (χ0) is 14.7. The lowest BCUT2D eigenvalue weighted by Gasteiger charge is -2.09. The lowest BCUT2D eigenvalue weighted by Crippen LogP contribution is -1.97. The van der Waals surface area contributed by atoms with Gasteiger partial charge in [0.25, 0.3) is 0 Å². The van der Waals surface area contributed by atoms with Gasteiger partial charge in [0.15, 0.2) is 0 Å². The summed E-state index contributed by atoms with van der Waals surface area (Å²) >= 11 is 5.95. The molecule has 3 aromatic rings. The van der Waals surface area contributed by atoms with E-state index in [0.29, 0.717) is 5.76 Å². The Morgan fingerprint density at radius 3 is 2.10 bits per heavy atom. The van der Waals surface area contributed by atoms with Crippen molar-refractivity contribution in [2.24, 2.45) is 0 Å². The van der Waals surface area contributed by atoms with Gasteiger partial charge in [-0.1, -0.05) is 23.9 Å². The van der Waals surface area contributed by atoms with Crippen LogP contribution < -0.4 is 0 Å². The Hall–Kier alpha value is -1.62. The molecule has 1 atom stereocenters. The van der Waals surface area contributed by atoms with Crippen molar-refractivity contribution in [2.75, 3.05) is 0 Å². The number of hydrogen-bond acceptors (Lipinski definition) is 4. The van der Waals surface area contributed by atoms with E-state index in [0.717, 1.165) is 20.2 Å². The summed E-state index contributed by atoms with van der Waals surface area (Å²) in [4.78, 5) is 3.24. The molecule has 0 radical (unpaired) electrons. The van der Waals surface area contributed by atoms with Gasteiger partial charge >= 0.3 is 0 Å². The zero-order valence-electron chi connectivity index (χ0n) is 11.1. The maximum atomic E-state index is 10.2. The second-order valence-corrected chi connectivity index (χ2v) is 6.25. The van der Waals surface area contributed by atoms with Crippen LogP contribution in [0.25, 0.3) is 0 Å². The van der Waals surface area contributed by atoms with E-state index in [1.165, 1.54) is 0 Å². The van der Waals surface area contributed by atoms with E-state index in [2.05, 4.69) is 12.6 Å². The minimum Gasteiger partial charge on any atom is -0.466 e. The highest BCUT2D eigenvalue weighted by Crippen LogP contribution is 2.30. The van der Waals surface area contributed by atoms with Crippen molar-refractivity contribution in [3.8, 4) is 0 Å². The Labute approximate surface area is 133 Å². The monoisotopic (exact) mass is 314 g/mol. The highest BCUT2D eigenvalue weighted by molar-refractivity contribution is 7.99. The van der Waals surface area contributed by atoms with E-state index in [-0.39, 0.29) is 0 Å². The van der Waals surface area contributed by atoms with Gasteiger partial charge in [0.05, 0.1) is 6.26 Å². The summed E-state index contributed by atoms with van der Waals surface area (Å²) in [5, 5.41) is 10.2. The number of hydrogen-bond donors (Lipinski definition) is 2. The molecule has 0 aliphatic carbocycles. The van der Waals surface area contributed by atoms with Gasteiger partial charge in [-0.25, -0.2) is 0 Å². The fourth-order valence-electron chi connectivity index (χ4n) is 1.98. The van der Waals surface area contributed by atoms with Crippen LogP contribution in [0.1, 0.15) is 17.4 Å². The number of benzene rings is 2. The van der Waals surface area contributed by atoms with Crippen molar-refractivity contribution < 1.29 is 9.52 Å². The molecule has 21 heavy (non-hydrogen) atoms. The first-order valence-corrected chi connectivity index (χ1v) is 7.77. The Morgan fingerprint density at radius 2 is 1.52 bits per heavy atom. The van der Waals surface area contributed by atoms with Crippen molar-refractivity contribution in [1.82, 2.24) is 0 Å². The number of thiol groups is 1. The first kappa shape index (κ1) is 14.3. The SMILES string of the molecule is OC(c1ccc(Sc2ccc(S)cc2)cc1)c1ccco1. The topological polar surface area (TPSA) is 33.4 Å². The molecule has 1 heterocycles. The van der Waals surface area contributed by atoms with E-state index in [1.807, 2.05) is 48.5 Å². The maximum Gasteiger partial charge on any atom is 0.137 e. The third-order valence-corrected chi connectivity index (χ3v) is 4.39. The van der Waals surface area contributed by atoms with E-state index in [1.54, 1.807) is 30.2 Å². The third kappa shape index (κ3) is 3.53. The predicted octanol–water partition coefficient (Wildman–Crippen LogP) is 4.80. The van der Waals surface area contributed by atoms with Gasteiger partial charge in [0.1, 0.15) is 11.9 Å². The van der Waals surface area contributed by atoms with Crippen LogP contribution in [0.5, 0.6) is 0 Å². The van der Waals surface area contributed by atoms with E-state index >= 15 is 0 Å². The summed E-state index contributed by atoms with van der Waals surface area (Å²) in [5.41, 5.74) is 0.819. The van der Waals surface area contributed by atoms with Crippen molar-refractivity contribution in [2.45, 2.75) is 20.8 Å². The zero-order valence-corrected chi connectivity index (χ0v) is 12.9. The van der Waals surface area contributed by atoms with Gasteiger partial charge in [-0.15, -0.1) is 12.6 Å². The van der Waals surface area contributed by atoms with Gasteiger partial charge < -0.3 is 9.52 Å². The molecule has 4 heteroatoms. The molecular weight excluding hydrogens is 300 g/mol. The van der Waals surface area contributed by atoms with E-state index in [4.69, 9.17) is 4.42 Å². The molecular formula is C17H14O2S2. The first-order chi connectivity index (χ1) is 10.2. The standard InChI is InChI=1S/C17H14O2S2/c18-17(16-2-1-11-19-16)12-3-7-14(8-4-12)21-15-9-5-13(20)6-10-15/h1-11,17-18,20H. The van der Waals surface area contributed by atoms with Crippen molar-refractivity contribution in [1.29, 1.82) is 0 Å². The van der Waals surface area contributed by atoms with Crippen molar-refractivity contribution >= 4 is 24.4 Å². The Morgan fingerprint density at radius 1 is 0.905 bits per heavy atom. The highest BCUT2D eigenvalue weighted by atomic mass is 32.2. The van der Waals surface area contributed by atoms with Gasteiger partial charge in [-0.3, -0.25) is 0 Å². The second kappa shape index (κ2) is 6.43. The Kier molecular flexibility index (Phi) is 4.39. The number of furan rings is 1. The van der Waals surface area contributed by atoms with Crippen LogP contribution in [-0.4, -0.2) is 5.11 Å². The van der Waals surface area contributed by atoms with Gasteiger partial charge in [0, 0.05) is 14.7 Å². The molecule has 0 fully saturated rings. The van der Waals surface area contributed by atoms with Crippen LogP contribution in [0.15, 0.2) is 86.0 Å². The van der Waals surface area contributed by atoms with Gasteiger partial charge in [-0.05, 0) is 54.1 Å². The molecule has 1 N–H and O–H groups in total. The minimum absolute atomic E-state index is 0.555. The molecule has 1 aromatic heterocycles. The molecule has 0 saturated carbocycles. The number of rotatable bonds is 4. The summed E-state index contributed by atoms with van der Waals surface area (Å²) in [7, 11) is 0. The summed E-state index contributed by atoms with van der Waals surface area (Å²) in [5.74, 6) is 0.555. The average Bonchev–Trinajstić information content (AvgIpc) is 3.04. The maximum absolute atomic E-state index is 10.2. The molecule has 0 bridgehead atoms. The fraction of sp³-hybridized carbons (Fsp3) is 0.0588. The second-order valence-electron chi connectivity index (χ2n) is 4.58. The molecule has 106 valence electrons. The van der Waals surface area contributed by atoms with Crippen LogP contribution >= 0.6 is 24.4 Å². The van der Waals surface area contributed by atoms with Crippen molar-refractivity contribution in [3.63, 3.8) is 0 Å². The quantitative estimate of drug-likeness (QED) is 0.679. The predicted molar refractivity (Wildman–Crippen MR) is 87.0 cm³/mol. The Bertz CT molecular complexity index is 689. The van der Waals surface area contributed by atoms with Crippen molar-refractivity contribution in [3.05, 3.63) is 78.3 Å².